The Morgan fingerprint density at radius 2 is 1.49 bits per heavy atom. The van der Waals surface area contributed by atoms with Gasteiger partial charge in [-0.3, -0.25) is 9.69 Å². The lowest BCUT2D eigenvalue weighted by molar-refractivity contribution is -0.143. The summed E-state index contributed by atoms with van der Waals surface area (Å²) in [6.07, 6.45) is -15.4. The smallest absolute Gasteiger partial charge is 0.284 e. The molecule has 1 unspecified atom stereocenters. The van der Waals surface area contributed by atoms with Gasteiger partial charge in [-0.1, -0.05) is 45.9 Å². The molecular formula is C28H15Cl2F9N6OS3. The summed E-state index contributed by atoms with van der Waals surface area (Å²) in [6.45, 7) is 3.14. The molecule has 0 aliphatic carbocycles. The Bertz CT molecular complexity index is 2110. The van der Waals surface area contributed by atoms with Crippen molar-refractivity contribution in [2.45, 2.75) is 41.8 Å². The summed E-state index contributed by atoms with van der Waals surface area (Å²) >= 11 is 14.9. The highest BCUT2D eigenvalue weighted by molar-refractivity contribution is 8.01. The number of carbonyl (C=O) groups is 1. The van der Waals surface area contributed by atoms with Gasteiger partial charge in [0.05, 0.1) is 36.8 Å². The molecule has 21 heteroatoms. The molecule has 0 spiro atoms. The third-order valence-corrected chi connectivity index (χ3v) is 11.4. The minimum atomic E-state index is -5.22. The van der Waals surface area contributed by atoms with Crippen molar-refractivity contribution < 1.29 is 44.3 Å². The molecule has 1 aliphatic heterocycles. The van der Waals surface area contributed by atoms with Gasteiger partial charge < -0.3 is 0 Å². The Labute approximate surface area is 291 Å². The highest BCUT2D eigenvalue weighted by atomic mass is 35.5. The molecule has 5 aromatic rings. The third-order valence-electron chi connectivity index (χ3n) is 7.22. The summed E-state index contributed by atoms with van der Waals surface area (Å²) in [4.78, 5) is 19.4. The van der Waals surface area contributed by atoms with Gasteiger partial charge in [-0.05, 0) is 55.3 Å². The summed E-state index contributed by atoms with van der Waals surface area (Å²) in [6, 6.07) is 4.05. The van der Waals surface area contributed by atoms with Crippen LogP contribution in [0.3, 0.4) is 0 Å². The number of alkyl halides is 9. The van der Waals surface area contributed by atoms with Crippen molar-refractivity contribution in [3.63, 3.8) is 0 Å². The molecule has 1 atom stereocenters. The topological polar surface area (TPSA) is 76.8 Å². The van der Waals surface area contributed by atoms with E-state index in [-0.39, 0.29) is 38.5 Å². The van der Waals surface area contributed by atoms with Gasteiger partial charge in [0.15, 0.2) is 0 Å². The number of nitrogens with zero attached hydrogens (tertiary/aromatic N) is 6. The van der Waals surface area contributed by atoms with Crippen LogP contribution in [0.15, 0.2) is 34.5 Å². The molecule has 1 aliphatic rings. The maximum atomic E-state index is 14.2. The quantitative estimate of drug-likeness (QED) is 0.169. The van der Waals surface area contributed by atoms with Crippen molar-refractivity contribution in [2.75, 3.05) is 11.9 Å². The molecule has 2 aromatic carbocycles. The number of hydrogen-bond donors (Lipinski definition) is 0. The van der Waals surface area contributed by atoms with Gasteiger partial charge in [-0.2, -0.15) is 49.3 Å². The Morgan fingerprint density at radius 1 is 0.878 bits per heavy atom. The van der Waals surface area contributed by atoms with Gasteiger partial charge in [0.25, 0.3) is 5.91 Å². The number of aryl methyl sites for hydroxylation is 1. The van der Waals surface area contributed by atoms with E-state index in [1.807, 2.05) is 6.92 Å². The molecule has 0 saturated heterocycles. The van der Waals surface area contributed by atoms with E-state index in [1.54, 1.807) is 12.1 Å². The van der Waals surface area contributed by atoms with Crippen LogP contribution in [0.5, 0.6) is 0 Å². The van der Waals surface area contributed by atoms with Gasteiger partial charge in [0.2, 0.25) is 15.3 Å². The molecule has 4 heterocycles. The summed E-state index contributed by atoms with van der Waals surface area (Å²) in [7, 11) is 1.03. The molecule has 7 nitrogen and oxygen atoms in total. The van der Waals surface area contributed by atoms with E-state index in [1.165, 1.54) is 18.7 Å². The van der Waals surface area contributed by atoms with Crippen LogP contribution in [0.4, 0.5) is 44.6 Å². The Kier molecular flexibility index (Phi) is 8.78. The molecule has 258 valence electrons. The van der Waals surface area contributed by atoms with Crippen LogP contribution in [0.1, 0.15) is 50.1 Å². The van der Waals surface area contributed by atoms with Crippen molar-refractivity contribution in [1.82, 2.24) is 25.0 Å². The van der Waals surface area contributed by atoms with Crippen molar-refractivity contribution in [1.29, 1.82) is 0 Å². The molecule has 1 amide bonds. The first-order chi connectivity index (χ1) is 22.6. The third kappa shape index (κ3) is 6.50. The lowest BCUT2D eigenvalue weighted by Crippen LogP contribution is -2.29. The minimum absolute atomic E-state index is 0.000780. The summed E-state index contributed by atoms with van der Waals surface area (Å²) in [5.41, 5.74) is -3.43. The van der Waals surface area contributed by atoms with E-state index in [9.17, 15) is 44.3 Å². The number of fused-ring (bicyclic) bond motifs is 3. The number of rotatable bonds is 4. The summed E-state index contributed by atoms with van der Waals surface area (Å²) < 4.78 is 125. The predicted octanol–water partition coefficient (Wildman–Crippen LogP) is 10.6. The number of benzene rings is 2. The van der Waals surface area contributed by atoms with Gasteiger partial charge in [-0.25, -0.2) is 4.98 Å². The second-order valence-electron chi connectivity index (χ2n) is 10.5. The highest BCUT2D eigenvalue weighted by Gasteiger charge is 2.40. The first kappa shape index (κ1) is 35.4. The summed E-state index contributed by atoms with van der Waals surface area (Å²) in [5.74, 6) is -1.17. The summed E-state index contributed by atoms with van der Waals surface area (Å²) in [5, 5.41) is 9.18. The van der Waals surface area contributed by atoms with E-state index in [4.69, 9.17) is 23.2 Å². The molecule has 0 bridgehead atoms. The normalized spacial score (nSPS) is 14.9. The fraction of sp³-hybridized carbons (Fsp3) is 0.250. The van der Waals surface area contributed by atoms with Crippen molar-refractivity contribution in [2.24, 2.45) is 0 Å². The molecule has 0 N–H and O–H groups in total. The van der Waals surface area contributed by atoms with Crippen LogP contribution in [-0.4, -0.2) is 37.9 Å². The number of amides is 1. The van der Waals surface area contributed by atoms with E-state index in [2.05, 4.69) is 20.3 Å². The van der Waals surface area contributed by atoms with Crippen LogP contribution < -0.4 is 4.90 Å². The van der Waals surface area contributed by atoms with Crippen molar-refractivity contribution in [3.8, 4) is 27.5 Å². The van der Waals surface area contributed by atoms with Gasteiger partial charge >= 0.3 is 18.5 Å². The van der Waals surface area contributed by atoms with E-state index in [0.717, 1.165) is 28.6 Å². The number of aromatic nitrogens is 5. The zero-order valence-electron chi connectivity index (χ0n) is 24.4. The number of thioether (sulfide) groups is 1. The lowest BCUT2D eigenvalue weighted by Gasteiger charge is -2.21. The van der Waals surface area contributed by atoms with Crippen LogP contribution >= 0.6 is 57.6 Å². The van der Waals surface area contributed by atoms with Gasteiger partial charge in [0, 0.05) is 23.4 Å². The maximum absolute atomic E-state index is 14.2. The van der Waals surface area contributed by atoms with Crippen LogP contribution in [0.25, 0.3) is 27.5 Å². The number of thiazole rings is 1. The molecule has 0 saturated carbocycles. The minimum Gasteiger partial charge on any atom is -0.284 e. The molecule has 49 heavy (non-hydrogen) atoms. The zero-order chi connectivity index (χ0) is 36.0. The van der Waals surface area contributed by atoms with E-state index >= 15 is 0 Å². The number of anilines is 1. The number of halogens is 11. The Hall–Kier alpha value is -3.39. The van der Waals surface area contributed by atoms with E-state index < -0.39 is 62.5 Å². The highest BCUT2D eigenvalue weighted by Crippen LogP contribution is 2.53. The first-order valence-corrected chi connectivity index (χ1v) is 16.7. The van der Waals surface area contributed by atoms with Crippen molar-refractivity contribution >= 4 is 68.7 Å². The average Bonchev–Trinajstić information content (AvgIpc) is 3.73. The monoisotopic (exact) mass is 788 g/mol. The van der Waals surface area contributed by atoms with Crippen LogP contribution in [0, 0.1) is 6.92 Å². The standard InChI is InChI=1S/C28H15Cl2F9N6OS3/c1-9-18(11-4-12(26(31,32)33)6-13(5-11)27(34,35)36)20(21(46)44(3)25-42-41-23(49-25)28(37,38)39)45(43-9)24-40-19-15-8-17(30)16(29)7-14(15)10(2)47-22(19)48-24/h4-8,10H,1-3H3. The average molecular weight is 790 g/mol. The first-order valence-electron chi connectivity index (χ1n) is 13.4. The maximum Gasteiger partial charge on any atom is 0.445 e. The lowest BCUT2D eigenvalue weighted by atomic mass is 9.97. The fourth-order valence-electron chi connectivity index (χ4n) is 4.98. The molecule has 0 radical (unpaired) electrons. The largest absolute Gasteiger partial charge is 0.445 e. The SMILES string of the molecule is Cc1nn(-c2nc3c(s2)SC(C)c2cc(Cl)c(Cl)cc2-3)c(C(=O)N(C)c2nnc(C(F)(F)F)s2)c1-c1cc(C(F)(F)F)cc(C(F)(F)F)c1. The number of hydrogen-bond acceptors (Lipinski definition) is 8. The van der Waals surface area contributed by atoms with E-state index in [0.29, 0.717) is 37.5 Å². The second-order valence-corrected chi connectivity index (χ2v) is 14.9. The van der Waals surface area contributed by atoms with Crippen LogP contribution in [-0.2, 0) is 18.5 Å². The molecule has 0 fully saturated rings. The van der Waals surface area contributed by atoms with Crippen LogP contribution in [0.2, 0.25) is 10.0 Å². The molecule has 3 aromatic heterocycles. The molecule has 6 rings (SSSR count). The van der Waals surface area contributed by atoms with Gasteiger partial charge in [0.1, 0.15) is 5.69 Å². The zero-order valence-corrected chi connectivity index (χ0v) is 28.4. The Morgan fingerprint density at radius 3 is 2.06 bits per heavy atom. The van der Waals surface area contributed by atoms with Crippen molar-refractivity contribution in [3.05, 3.63) is 73.5 Å². The molecular weight excluding hydrogens is 774 g/mol. The Balaban J connectivity index is 1.59. The van der Waals surface area contributed by atoms with Gasteiger partial charge in [-0.15, -0.1) is 22.0 Å². The second kappa shape index (κ2) is 12.1. The number of carbonyl (C=O) groups excluding carboxylic acids is 1. The fourth-order valence-corrected chi connectivity index (χ4v) is 8.52. The predicted molar refractivity (Wildman–Crippen MR) is 167 cm³/mol.